The molecule has 2 heterocycles. The van der Waals surface area contributed by atoms with Crippen LogP contribution in [0.1, 0.15) is 11.3 Å². The van der Waals surface area contributed by atoms with E-state index in [0.29, 0.717) is 0 Å². The lowest BCUT2D eigenvalue weighted by molar-refractivity contribution is 0.946. The van der Waals surface area contributed by atoms with Gasteiger partial charge in [-0.2, -0.15) is 0 Å². The quantitative estimate of drug-likeness (QED) is 0.766. The Hall–Kier alpha value is -1.09. The van der Waals surface area contributed by atoms with E-state index in [2.05, 4.69) is 50.2 Å². The van der Waals surface area contributed by atoms with Gasteiger partial charge in [-0.3, -0.25) is 4.99 Å². The molecule has 2 aromatic rings. The first-order valence-electron chi connectivity index (χ1n) is 5.09. The Balaban J connectivity index is 2.31. The third kappa shape index (κ3) is 1.34. The van der Waals surface area contributed by atoms with E-state index >= 15 is 0 Å². The van der Waals surface area contributed by atoms with E-state index in [9.17, 15) is 0 Å². The number of para-hydroxylation sites is 1. The summed E-state index contributed by atoms with van der Waals surface area (Å²) < 4.78 is 0. The number of benzene rings is 1. The molecule has 0 fully saturated rings. The van der Waals surface area contributed by atoms with Crippen molar-refractivity contribution >= 4 is 32.5 Å². The van der Waals surface area contributed by atoms with E-state index in [1.807, 2.05) is 0 Å². The molecule has 76 valence electrons. The minimum Gasteiger partial charge on any atom is -0.353 e. The van der Waals surface area contributed by atoms with Crippen molar-refractivity contribution in [2.75, 3.05) is 11.9 Å². The van der Waals surface area contributed by atoms with Crippen LogP contribution >= 0.6 is 15.9 Å². The first-order chi connectivity index (χ1) is 7.40. The van der Waals surface area contributed by atoms with Crippen LogP contribution < -0.4 is 0 Å². The van der Waals surface area contributed by atoms with Gasteiger partial charge in [0.1, 0.15) is 0 Å². The first kappa shape index (κ1) is 9.16. The number of nitrogens with zero attached hydrogens (tertiary/aromatic N) is 1. The van der Waals surface area contributed by atoms with Crippen LogP contribution in [-0.4, -0.2) is 22.6 Å². The fourth-order valence-electron chi connectivity index (χ4n) is 2.20. The van der Waals surface area contributed by atoms with Crippen molar-refractivity contribution in [1.82, 2.24) is 4.98 Å². The zero-order valence-corrected chi connectivity index (χ0v) is 9.84. The molecular formula is C12H11BrN2. The van der Waals surface area contributed by atoms with Gasteiger partial charge in [0.15, 0.2) is 0 Å². The van der Waals surface area contributed by atoms with Crippen LogP contribution in [0.5, 0.6) is 0 Å². The highest BCUT2D eigenvalue weighted by atomic mass is 79.9. The highest BCUT2D eigenvalue weighted by molar-refractivity contribution is 9.09. The number of rotatable bonds is 1. The summed E-state index contributed by atoms with van der Waals surface area (Å²) in [5.74, 6) is 0. The van der Waals surface area contributed by atoms with Gasteiger partial charge in [-0.15, -0.1) is 0 Å². The zero-order valence-electron chi connectivity index (χ0n) is 8.26. The molecule has 1 aromatic carbocycles. The molecule has 0 atom stereocenters. The van der Waals surface area contributed by atoms with Gasteiger partial charge in [0.25, 0.3) is 0 Å². The molecule has 3 heteroatoms. The van der Waals surface area contributed by atoms with Crippen molar-refractivity contribution in [3.05, 3.63) is 35.5 Å². The molecule has 0 saturated carbocycles. The van der Waals surface area contributed by atoms with Gasteiger partial charge in [-0.25, -0.2) is 0 Å². The lowest BCUT2D eigenvalue weighted by Gasteiger charge is -2.10. The summed E-state index contributed by atoms with van der Waals surface area (Å²) in [7, 11) is 0. The van der Waals surface area contributed by atoms with Gasteiger partial charge < -0.3 is 4.98 Å². The van der Waals surface area contributed by atoms with Crippen LogP contribution in [0.15, 0.2) is 29.3 Å². The molecule has 0 spiro atoms. The molecule has 0 amide bonds. The third-order valence-electron chi connectivity index (χ3n) is 2.89. The smallest absolute Gasteiger partial charge is 0.0691 e. The van der Waals surface area contributed by atoms with Crippen LogP contribution in [0.2, 0.25) is 0 Å². The monoisotopic (exact) mass is 262 g/mol. The molecule has 0 bridgehead atoms. The lowest BCUT2D eigenvalue weighted by atomic mass is 10.0. The number of aliphatic imine (C=N–C) groups is 1. The standard InChI is InChI=1S/C12H11BrN2/c13-7-11-12-9(5-6-14-11)8-3-1-2-4-10(8)15-12/h1-4,15H,5-7H2. The number of H-pyrrole nitrogens is 1. The number of aromatic amines is 1. The Bertz CT molecular complexity index is 540. The zero-order chi connectivity index (χ0) is 10.3. The Morgan fingerprint density at radius 1 is 1.33 bits per heavy atom. The second kappa shape index (κ2) is 3.49. The number of halogens is 1. The number of hydrogen-bond acceptors (Lipinski definition) is 1. The molecule has 1 aliphatic heterocycles. The summed E-state index contributed by atoms with van der Waals surface area (Å²) in [6.07, 6.45) is 1.05. The lowest BCUT2D eigenvalue weighted by Crippen LogP contribution is -2.13. The summed E-state index contributed by atoms with van der Waals surface area (Å²) in [4.78, 5) is 7.98. The number of alkyl halides is 1. The highest BCUT2D eigenvalue weighted by Gasteiger charge is 2.17. The fourth-order valence-corrected chi connectivity index (χ4v) is 2.65. The molecule has 15 heavy (non-hydrogen) atoms. The Morgan fingerprint density at radius 2 is 2.20 bits per heavy atom. The van der Waals surface area contributed by atoms with E-state index in [1.165, 1.54) is 22.2 Å². The molecule has 2 nitrogen and oxygen atoms in total. The number of aromatic nitrogens is 1. The highest BCUT2D eigenvalue weighted by Crippen LogP contribution is 2.26. The third-order valence-corrected chi connectivity index (χ3v) is 3.42. The molecule has 0 unspecified atom stereocenters. The molecule has 1 aliphatic rings. The molecule has 0 aliphatic carbocycles. The summed E-state index contributed by atoms with van der Waals surface area (Å²) >= 11 is 3.49. The Labute approximate surface area is 96.5 Å². The van der Waals surface area contributed by atoms with Gasteiger partial charge >= 0.3 is 0 Å². The van der Waals surface area contributed by atoms with Crippen molar-refractivity contribution in [3.63, 3.8) is 0 Å². The SMILES string of the molecule is BrCC1=NCCc2c1[nH]c1ccccc21. The predicted molar refractivity (Wildman–Crippen MR) is 67.2 cm³/mol. The molecular weight excluding hydrogens is 252 g/mol. The fraction of sp³-hybridized carbons (Fsp3) is 0.250. The van der Waals surface area contributed by atoms with E-state index in [1.54, 1.807) is 0 Å². The number of hydrogen-bond donors (Lipinski definition) is 1. The van der Waals surface area contributed by atoms with Crippen LogP contribution in [0.4, 0.5) is 0 Å². The van der Waals surface area contributed by atoms with Crippen LogP contribution in [0, 0.1) is 0 Å². The van der Waals surface area contributed by atoms with Crippen molar-refractivity contribution in [3.8, 4) is 0 Å². The first-order valence-corrected chi connectivity index (χ1v) is 6.21. The predicted octanol–water partition coefficient (Wildman–Crippen LogP) is 2.91. The molecule has 1 N–H and O–H groups in total. The van der Waals surface area contributed by atoms with Crippen molar-refractivity contribution in [2.24, 2.45) is 4.99 Å². The Kier molecular flexibility index (Phi) is 2.13. The minimum atomic E-state index is 0.826. The van der Waals surface area contributed by atoms with Gasteiger partial charge in [0.05, 0.1) is 11.4 Å². The molecule has 0 saturated heterocycles. The van der Waals surface area contributed by atoms with Crippen molar-refractivity contribution < 1.29 is 0 Å². The van der Waals surface area contributed by atoms with E-state index in [-0.39, 0.29) is 0 Å². The number of fused-ring (bicyclic) bond motifs is 3. The Morgan fingerprint density at radius 3 is 3.07 bits per heavy atom. The molecule has 1 aromatic heterocycles. The summed E-state index contributed by atoms with van der Waals surface area (Å²) in [5.41, 5.74) is 5.01. The summed E-state index contributed by atoms with van der Waals surface area (Å²) in [6.45, 7) is 0.912. The normalized spacial score (nSPS) is 15.1. The second-order valence-corrected chi connectivity index (χ2v) is 4.30. The average Bonchev–Trinajstić information content (AvgIpc) is 2.67. The van der Waals surface area contributed by atoms with Gasteiger partial charge in [-0.05, 0) is 18.1 Å². The van der Waals surface area contributed by atoms with E-state index in [4.69, 9.17) is 0 Å². The molecule has 3 rings (SSSR count). The maximum atomic E-state index is 4.52. The summed E-state index contributed by atoms with van der Waals surface area (Å²) in [6, 6.07) is 8.46. The van der Waals surface area contributed by atoms with Crippen LogP contribution in [0.25, 0.3) is 10.9 Å². The van der Waals surface area contributed by atoms with E-state index < -0.39 is 0 Å². The van der Waals surface area contributed by atoms with Crippen LogP contribution in [0.3, 0.4) is 0 Å². The molecule has 0 radical (unpaired) electrons. The average molecular weight is 263 g/mol. The topological polar surface area (TPSA) is 28.1 Å². The van der Waals surface area contributed by atoms with Gasteiger partial charge in [-0.1, -0.05) is 34.1 Å². The van der Waals surface area contributed by atoms with Crippen molar-refractivity contribution in [2.45, 2.75) is 6.42 Å². The van der Waals surface area contributed by atoms with Crippen LogP contribution in [-0.2, 0) is 6.42 Å². The maximum Gasteiger partial charge on any atom is 0.0691 e. The van der Waals surface area contributed by atoms with Crippen molar-refractivity contribution in [1.29, 1.82) is 0 Å². The minimum absolute atomic E-state index is 0.826. The maximum absolute atomic E-state index is 4.52. The van der Waals surface area contributed by atoms with E-state index in [0.717, 1.165) is 24.0 Å². The van der Waals surface area contributed by atoms with Gasteiger partial charge in [0, 0.05) is 22.8 Å². The second-order valence-electron chi connectivity index (χ2n) is 3.74. The number of nitrogens with one attached hydrogen (secondary N) is 1. The summed E-state index contributed by atoms with van der Waals surface area (Å²) in [5, 5.41) is 2.17. The van der Waals surface area contributed by atoms with Gasteiger partial charge in [0.2, 0.25) is 0 Å². The largest absolute Gasteiger partial charge is 0.353 e.